The molecule has 6 heteroatoms. The Balaban J connectivity index is 2.77. The van der Waals surface area contributed by atoms with Crippen molar-refractivity contribution >= 4 is 11.9 Å². The number of aliphatic hydroxyl groups is 1. The van der Waals surface area contributed by atoms with E-state index in [2.05, 4.69) is 5.32 Å². The normalized spacial score (nSPS) is 13.5. The van der Waals surface area contributed by atoms with Gasteiger partial charge in [0.05, 0.1) is 13.7 Å². The largest absolute Gasteiger partial charge is 0.497 e. The maximum absolute atomic E-state index is 11.9. The van der Waals surface area contributed by atoms with Crippen LogP contribution in [-0.2, 0) is 4.79 Å². The standard InChI is InChI=1S/C13H17NO5/c1-8-6-9(19-3)4-5-10(8)11(15)14-7-13(2,18)12(16)17/h4-6,18H,7H2,1-3H3,(H,14,15)(H,16,17). The number of hydrogen-bond donors (Lipinski definition) is 3. The highest BCUT2D eigenvalue weighted by Crippen LogP contribution is 2.16. The molecule has 1 atom stereocenters. The van der Waals surface area contributed by atoms with Crippen molar-refractivity contribution in [2.45, 2.75) is 19.4 Å². The number of ether oxygens (including phenoxy) is 1. The number of carbonyl (C=O) groups is 2. The fourth-order valence-electron chi connectivity index (χ4n) is 1.44. The highest BCUT2D eigenvalue weighted by Gasteiger charge is 2.30. The third-order valence-electron chi connectivity index (χ3n) is 2.73. The number of amides is 1. The number of aryl methyl sites for hydroxylation is 1. The summed E-state index contributed by atoms with van der Waals surface area (Å²) in [5.41, 5.74) is -0.885. The molecule has 104 valence electrons. The Hall–Kier alpha value is -2.08. The van der Waals surface area contributed by atoms with E-state index < -0.39 is 17.5 Å². The van der Waals surface area contributed by atoms with E-state index in [0.717, 1.165) is 6.92 Å². The van der Waals surface area contributed by atoms with Gasteiger partial charge in [-0.05, 0) is 37.6 Å². The summed E-state index contributed by atoms with van der Waals surface area (Å²) in [7, 11) is 1.53. The third-order valence-corrected chi connectivity index (χ3v) is 2.73. The fraction of sp³-hybridized carbons (Fsp3) is 0.385. The molecule has 0 aliphatic rings. The lowest BCUT2D eigenvalue weighted by atomic mass is 10.1. The Morgan fingerprint density at radius 3 is 2.53 bits per heavy atom. The summed E-state index contributed by atoms with van der Waals surface area (Å²) in [4.78, 5) is 22.6. The molecular weight excluding hydrogens is 250 g/mol. The van der Waals surface area contributed by atoms with Crippen molar-refractivity contribution in [3.05, 3.63) is 29.3 Å². The van der Waals surface area contributed by atoms with Gasteiger partial charge in [0.15, 0.2) is 5.60 Å². The van der Waals surface area contributed by atoms with Crippen LogP contribution in [-0.4, -0.2) is 41.3 Å². The van der Waals surface area contributed by atoms with Crippen LogP contribution < -0.4 is 10.1 Å². The second-order valence-corrected chi connectivity index (χ2v) is 4.44. The second-order valence-electron chi connectivity index (χ2n) is 4.44. The minimum atomic E-state index is -1.99. The molecule has 0 aliphatic heterocycles. The van der Waals surface area contributed by atoms with Crippen molar-refractivity contribution in [2.24, 2.45) is 0 Å². The fourth-order valence-corrected chi connectivity index (χ4v) is 1.44. The Bertz CT molecular complexity index is 496. The monoisotopic (exact) mass is 267 g/mol. The van der Waals surface area contributed by atoms with Crippen LogP contribution in [0.25, 0.3) is 0 Å². The summed E-state index contributed by atoms with van der Waals surface area (Å²) in [6.45, 7) is 2.50. The average Bonchev–Trinajstić information content (AvgIpc) is 2.35. The highest BCUT2D eigenvalue weighted by molar-refractivity contribution is 5.96. The van der Waals surface area contributed by atoms with Crippen molar-refractivity contribution in [1.82, 2.24) is 5.32 Å². The van der Waals surface area contributed by atoms with Crippen molar-refractivity contribution in [1.29, 1.82) is 0 Å². The molecule has 1 amide bonds. The first-order valence-corrected chi connectivity index (χ1v) is 5.66. The van der Waals surface area contributed by atoms with E-state index >= 15 is 0 Å². The van der Waals surface area contributed by atoms with E-state index in [9.17, 15) is 14.7 Å². The van der Waals surface area contributed by atoms with Crippen molar-refractivity contribution in [3.8, 4) is 5.75 Å². The molecule has 0 bridgehead atoms. The zero-order valence-corrected chi connectivity index (χ0v) is 11.1. The van der Waals surface area contributed by atoms with E-state index in [4.69, 9.17) is 9.84 Å². The first kappa shape index (κ1) is 15.0. The minimum absolute atomic E-state index is 0.368. The molecule has 1 aromatic rings. The van der Waals surface area contributed by atoms with Crippen LogP contribution in [0.15, 0.2) is 18.2 Å². The van der Waals surface area contributed by atoms with E-state index in [1.165, 1.54) is 7.11 Å². The zero-order chi connectivity index (χ0) is 14.6. The molecule has 0 spiro atoms. The molecule has 0 radical (unpaired) electrons. The molecule has 0 aromatic heterocycles. The van der Waals surface area contributed by atoms with Crippen LogP contribution >= 0.6 is 0 Å². The number of methoxy groups -OCH3 is 1. The molecule has 3 N–H and O–H groups in total. The van der Waals surface area contributed by atoms with Crippen LogP contribution in [0.5, 0.6) is 5.75 Å². The Labute approximate surface area is 111 Å². The summed E-state index contributed by atoms with van der Waals surface area (Å²) in [6.07, 6.45) is 0. The maximum Gasteiger partial charge on any atom is 0.337 e. The van der Waals surface area contributed by atoms with Gasteiger partial charge in [0.2, 0.25) is 0 Å². The second kappa shape index (κ2) is 5.71. The SMILES string of the molecule is COc1ccc(C(=O)NCC(C)(O)C(=O)O)c(C)c1. The van der Waals surface area contributed by atoms with Gasteiger partial charge in [-0.15, -0.1) is 0 Å². The molecule has 1 unspecified atom stereocenters. The number of nitrogens with one attached hydrogen (secondary N) is 1. The Kier molecular flexibility index (Phi) is 4.50. The van der Waals surface area contributed by atoms with Crippen LogP contribution in [0.3, 0.4) is 0 Å². The minimum Gasteiger partial charge on any atom is -0.497 e. The van der Waals surface area contributed by atoms with Crippen molar-refractivity contribution in [2.75, 3.05) is 13.7 Å². The molecule has 1 aromatic carbocycles. The van der Waals surface area contributed by atoms with E-state index in [0.29, 0.717) is 16.9 Å². The number of hydrogen-bond acceptors (Lipinski definition) is 4. The van der Waals surface area contributed by atoms with Gasteiger partial charge in [-0.2, -0.15) is 0 Å². The molecule has 0 saturated heterocycles. The smallest absolute Gasteiger partial charge is 0.337 e. The zero-order valence-electron chi connectivity index (χ0n) is 11.1. The Morgan fingerprint density at radius 2 is 2.05 bits per heavy atom. The highest BCUT2D eigenvalue weighted by atomic mass is 16.5. The summed E-state index contributed by atoms with van der Waals surface area (Å²) < 4.78 is 5.03. The van der Waals surface area contributed by atoms with Crippen molar-refractivity contribution < 1.29 is 24.5 Å². The summed E-state index contributed by atoms with van der Waals surface area (Å²) in [5, 5.41) is 20.6. The van der Waals surface area contributed by atoms with Gasteiger partial charge in [-0.25, -0.2) is 4.79 Å². The van der Waals surface area contributed by atoms with Gasteiger partial charge in [0, 0.05) is 5.56 Å². The molecule has 0 fully saturated rings. The number of carbonyl (C=O) groups excluding carboxylic acids is 1. The topological polar surface area (TPSA) is 95.9 Å². The lowest BCUT2D eigenvalue weighted by molar-refractivity contribution is -0.155. The molecule has 19 heavy (non-hydrogen) atoms. The molecule has 0 aliphatic carbocycles. The summed E-state index contributed by atoms with van der Waals surface area (Å²) in [6, 6.07) is 4.92. The van der Waals surface area contributed by atoms with E-state index in [1.807, 2.05) is 0 Å². The molecule has 1 rings (SSSR count). The number of rotatable bonds is 5. The van der Waals surface area contributed by atoms with Crippen LogP contribution in [0.1, 0.15) is 22.8 Å². The van der Waals surface area contributed by atoms with Crippen LogP contribution in [0.2, 0.25) is 0 Å². The predicted octanol–water partition coefficient (Wildman–Crippen LogP) is 0.569. The number of benzene rings is 1. The van der Waals surface area contributed by atoms with Crippen LogP contribution in [0, 0.1) is 6.92 Å². The summed E-state index contributed by atoms with van der Waals surface area (Å²) >= 11 is 0. The third kappa shape index (κ3) is 3.69. The summed E-state index contributed by atoms with van der Waals surface area (Å²) in [5.74, 6) is -1.20. The van der Waals surface area contributed by atoms with Gasteiger partial charge in [0.25, 0.3) is 5.91 Å². The number of carboxylic acid groups (broad SMARTS) is 1. The van der Waals surface area contributed by atoms with Gasteiger partial charge in [0.1, 0.15) is 5.75 Å². The van der Waals surface area contributed by atoms with E-state index in [1.54, 1.807) is 25.1 Å². The lowest BCUT2D eigenvalue weighted by Crippen LogP contribution is -2.46. The molecular formula is C13H17NO5. The molecule has 0 heterocycles. The van der Waals surface area contributed by atoms with Crippen LogP contribution in [0.4, 0.5) is 0 Å². The maximum atomic E-state index is 11.9. The van der Waals surface area contributed by atoms with Gasteiger partial charge in [-0.1, -0.05) is 0 Å². The number of aliphatic carboxylic acids is 1. The average molecular weight is 267 g/mol. The predicted molar refractivity (Wildman–Crippen MR) is 68.3 cm³/mol. The Morgan fingerprint density at radius 1 is 1.42 bits per heavy atom. The first-order valence-electron chi connectivity index (χ1n) is 5.66. The number of carboxylic acids is 1. The van der Waals surface area contributed by atoms with Crippen molar-refractivity contribution in [3.63, 3.8) is 0 Å². The molecule has 6 nitrogen and oxygen atoms in total. The first-order chi connectivity index (χ1) is 8.77. The van der Waals surface area contributed by atoms with E-state index in [-0.39, 0.29) is 6.54 Å². The lowest BCUT2D eigenvalue weighted by Gasteiger charge is -2.18. The van der Waals surface area contributed by atoms with Gasteiger partial charge < -0.3 is 20.3 Å². The quantitative estimate of drug-likeness (QED) is 0.724. The molecule has 0 saturated carbocycles. The van der Waals surface area contributed by atoms with Gasteiger partial charge >= 0.3 is 5.97 Å². The van der Waals surface area contributed by atoms with Gasteiger partial charge in [-0.3, -0.25) is 4.79 Å².